The van der Waals surface area contributed by atoms with Crippen LogP contribution in [0.1, 0.15) is 25.3 Å². The molecule has 3 heterocycles. The minimum Gasteiger partial charge on any atom is -0.394 e. The Morgan fingerprint density at radius 1 is 1.50 bits per heavy atom. The second-order valence-corrected chi connectivity index (χ2v) is 10.9. The molecular weight excluding hydrogens is 551 g/mol. The predicted octanol–water partition coefficient (Wildman–Crippen LogP) is 1.39. The van der Waals surface area contributed by atoms with Crippen molar-refractivity contribution in [3.8, 4) is 11.8 Å². The van der Waals surface area contributed by atoms with E-state index in [1.165, 1.54) is 32.6 Å². The molecule has 1 aliphatic rings. The summed E-state index contributed by atoms with van der Waals surface area (Å²) in [6, 6.07) is 0. The number of aliphatic hydroxyl groups excluding tert-OH is 1. The first-order valence-electron chi connectivity index (χ1n) is 11.1. The average molecular weight is 578 g/mol. The summed E-state index contributed by atoms with van der Waals surface area (Å²) < 4.78 is 50.5. The van der Waals surface area contributed by atoms with Gasteiger partial charge in [0.1, 0.15) is 16.9 Å². The van der Waals surface area contributed by atoms with Crippen molar-refractivity contribution in [1.82, 2.24) is 30.0 Å². The van der Waals surface area contributed by atoms with Crippen LogP contribution >= 0.6 is 21.6 Å². The number of H-pyrrole nitrogens is 1. The summed E-state index contributed by atoms with van der Waals surface area (Å²) in [6.45, 7) is 0.916. The number of hydrogen-bond donors (Lipinski definition) is 3. The number of ether oxygens (including phenoxy) is 2. The van der Waals surface area contributed by atoms with Crippen molar-refractivity contribution in [3.05, 3.63) is 16.0 Å². The van der Waals surface area contributed by atoms with Crippen molar-refractivity contribution in [3.63, 3.8) is 0 Å². The molecule has 0 spiro atoms. The zero-order valence-electron chi connectivity index (χ0n) is 20.8. The van der Waals surface area contributed by atoms with Gasteiger partial charge in [-0.05, 0) is 19.1 Å². The van der Waals surface area contributed by atoms with Crippen LogP contribution in [0.3, 0.4) is 0 Å². The Bertz CT molecular complexity index is 1290. The van der Waals surface area contributed by atoms with E-state index < -0.39 is 42.6 Å². The molecule has 0 saturated carbocycles. The maximum atomic E-state index is 12.9. The van der Waals surface area contributed by atoms with Crippen LogP contribution in [0, 0.1) is 11.8 Å². The number of aliphatic hydroxyl groups is 1. The second-order valence-electron chi connectivity index (χ2n) is 8.12. The molecule has 0 aromatic carbocycles. The van der Waals surface area contributed by atoms with E-state index in [1.807, 2.05) is 13.2 Å². The standard InChI is InChI=1S/C21H26F3N7O5S2/c1-11(38-37-4)35-13-8-15(36-14(13)9-32)31-17-16(18(33)28-20(27-17)26-10-30(2)3)12(29-31)6-5-7-25-19(34)21(22,23)24/h10-11,13-15,32H,7-9H2,1-4H3,(H,25,34)(H,27,28,33)/t11-,13?,14+,15+/m0/s1. The van der Waals surface area contributed by atoms with Crippen molar-refractivity contribution in [2.75, 3.05) is 33.5 Å². The van der Waals surface area contributed by atoms with Gasteiger partial charge in [0.05, 0.1) is 25.6 Å². The molecule has 2 aromatic rings. The van der Waals surface area contributed by atoms with Crippen molar-refractivity contribution < 1.29 is 32.5 Å². The maximum Gasteiger partial charge on any atom is 0.471 e. The fraction of sp³-hybridized carbons (Fsp3) is 0.571. The number of hydrogen-bond acceptors (Lipinski definition) is 10. The Morgan fingerprint density at radius 2 is 2.24 bits per heavy atom. The lowest BCUT2D eigenvalue weighted by Crippen LogP contribution is -2.36. The highest BCUT2D eigenvalue weighted by atomic mass is 33.1. The van der Waals surface area contributed by atoms with Gasteiger partial charge in [-0.25, -0.2) is 9.67 Å². The number of alkyl halides is 3. The smallest absolute Gasteiger partial charge is 0.394 e. The van der Waals surface area contributed by atoms with Gasteiger partial charge in [-0.15, -0.1) is 0 Å². The Labute approximate surface area is 223 Å². The molecule has 3 rings (SSSR count). The molecule has 208 valence electrons. The van der Waals surface area contributed by atoms with E-state index in [2.05, 4.69) is 31.9 Å². The molecule has 17 heteroatoms. The molecule has 0 aliphatic carbocycles. The van der Waals surface area contributed by atoms with Crippen molar-refractivity contribution in [2.24, 2.45) is 4.99 Å². The van der Waals surface area contributed by atoms with Gasteiger partial charge in [0, 0.05) is 20.5 Å². The second kappa shape index (κ2) is 12.8. The van der Waals surface area contributed by atoms with Gasteiger partial charge in [0.2, 0.25) is 5.95 Å². The third-order valence-electron chi connectivity index (χ3n) is 4.99. The maximum absolute atomic E-state index is 12.9. The van der Waals surface area contributed by atoms with E-state index in [4.69, 9.17) is 9.47 Å². The molecule has 1 saturated heterocycles. The normalized spacial score (nSPS) is 20.5. The number of amides is 1. The van der Waals surface area contributed by atoms with Crippen LogP contribution in [0.25, 0.3) is 11.0 Å². The summed E-state index contributed by atoms with van der Waals surface area (Å²) in [5.41, 5.74) is -0.845. The van der Waals surface area contributed by atoms with Gasteiger partial charge >= 0.3 is 12.1 Å². The molecule has 0 bridgehead atoms. The number of nitrogens with zero attached hydrogens (tertiary/aromatic N) is 5. The Kier molecular flexibility index (Phi) is 10.1. The van der Waals surface area contributed by atoms with Gasteiger partial charge in [0.25, 0.3) is 5.56 Å². The van der Waals surface area contributed by atoms with Crippen LogP contribution in [0.4, 0.5) is 19.1 Å². The molecule has 3 N–H and O–H groups in total. The van der Waals surface area contributed by atoms with E-state index in [0.717, 1.165) is 0 Å². The summed E-state index contributed by atoms with van der Waals surface area (Å²) in [5.74, 6) is 2.72. The number of carbonyl (C=O) groups is 1. The third-order valence-corrected chi connectivity index (χ3v) is 6.96. The first kappa shape index (κ1) is 29.8. The topological polar surface area (TPSA) is 147 Å². The van der Waals surface area contributed by atoms with Crippen molar-refractivity contribution in [2.45, 2.75) is 43.4 Å². The van der Waals surface area contributed by atoms with Crippen LogP contribution in [-0.2, 0) is 14.3 Å². The largest absolute Gasteiger partial charge is 0.471 e. The van der Waals surface area contributed by atoms with E-state index in [-0.39, 0.29) is 41.1 Å². The minimum atomic E-state index is -5.05. The van der Waals surface area contributed by atoms with E-state index in [1.54, 1.807) is 24.3 Å². The number of aliphatic imine (C=N–C) groups is 1. The van der Waals surface area contributed by atoms with Crippen LogP contribution in [-0.4, -0.2) is 99.3 Å². The van der Waals surface area contributed by atoms with E-state index >= 15 is 0 Å². The molecule has 0 radical (unpaired) electrons. The Balaban J connectivity index is 1.99. The van der Waals surface area contributed by atoms with Crippen LogP contribution in [0.5, 0.6) is 0 Å². The highest BCUT2D eigenvalue weighted by Gasteiger charge is 2.40. The zero-order valence-corrected chi connectivity index (χ0v) is 22.4. The summed E-state index contributed by atoms with van der Waals surface area (Å²) >= 11 is 0. The molecule has 1 amide bonds. The number of carbonyl (C=O) groups excluding carboxylic acids is 1. The van der Waals surface area contributed by atoms with Gasteiger partial charge in [-0.1, -0.05) is 27.5 Å². The molecular formula is C21H26F3N7O5S2. The van der Waals surface area contributed by atoms with E-state index in [9.17, 15) is 27.9 Å². The summed E-state index contributed by atoms with van der Waals surface area (Å²) in [4.78, 5) is 36.6. The van der Waals surface area contributed by atoms with Gasteiger partial charge < -0.3 is 24.8 Å². The van der Waals surface area contributed by atoms with Gasteiger partial charge in [-0.2, -0.15) is 23.3 Å². The Morgan fingerprint density at radius 3 is 2.87 bits per heavy atom. The third kappa shape index (κ3) is 7.41. The first-order valence-corrected chi connectivity index (χ1v) is 13.7. The lowest BCUT2D eigenvalue weighted by Gasteiger charge is -2.20. The lowest BCUT2D eigenvalue weighted by molar-refractivity contribution is -0.173. The van der Waals surface area contributed by atoms with E-state index in [0.29, 0.717) is 0 Å². The molecule has 1 aliphatic heterocycles. The summed E-state index contributed by atoms with van der Waals surface area (Å²) in [6.07, 6.45) is -3.41. The highest BCUT2D eigenvalue weighted by molar-refractivity contribution is 8.76. The summed E-state index contributed by atoms with van der Waals surface area (Å²) in [5, 5.41) is 15.8. The lowest BCUT2D eigenvalue weighted by atomic mass is 10.2. The average Bonchev–Trinajstić information content (AvgIpc) is 3.41. The monoisotopic (exact) mass is 577 g/mol. The van der Waals surface area contributed by atoms with Crippen molar-refractivity contribution >= 4 is 50.8 Å². The zero-order chi connectivity index (χ0) is 28.0. The molecule has 38 heavy (non-hydrogen) atoms. The quantitative estimate of drug-likeness (QED) is 0.131. The SMILES string of the molecule is CSS[C@@H](C)OC1C[C@H](n2nc(C#CCNC(=O)C(F)(F)F)c3c(=O)[nH]c(N=CN(C)C)nc32)O[C@@H]1CO. The fourth-order valence-electron chi connectivity index (χ4n) is 3.47. The van der Waals surface area contributed by atoms with Gasteiger partial charge in [0.15, 0.2) is 17.6 Å². The number of fused-ring (bicyclic) bond motifs is 1. The van der Waals surface area contributed by atoms with Crippen LogP contribution < -0.4 is 10.9 Å². The van der Waals surface area contributed by atoms with Gasteiger partial charge in [-0.3, -0.25) is 14.6 Å². The fourth-order valence-corrected chi connectivity index (χ4v) is 4.88. The van der Waals surface area contributed by atoms with Crippen molar-refractivity contribution in [1.29, 1.82) is 0 Å². The molecule has 12 nitrogen and oxygen atoms in total. The minimum absolute atomic E-state index is 0.0243. The Hall–Kier alpha value is -2.78. The van der Waals surface area contributed by atoms with Crippen LogP contribution in [0.2, 0.25) is 0 Å². The number of rotatable bonds is 9. The molecule has 1 unspecified atom stereocenters. The molecule has 4 atom stereocenters. The number of nitrogens with one attached hydrogen (secondary N) is 2. The molecule has 1 fully saturated rings. The number of aromatic nitrogens is 4. The first-order chi connectivity index (χ1) is 17.9. The number of halogens is 3. The highest BCUT2D eigenvalue weighted by Crippen LogP contribution is 2.35. The predicted molar refractivity (Wildman–Crippen MR) is 137 cm³/mol. The summed E-state index contributed by atoms with van der Waals surface area (Å²) in [7, 11) is 6.49. The van der Waals surface area contributed by atoms with Crippen LogP contribution in [0.15, 0.2) is 9.79 Å². The molecule has 2 aromatic heterocycles. The number of aromatic amines is 1.